The third-order valence-corrected chi connectivity index (χ3v) is 4.31. The highest BCUT2D eigenvalue weighted by Crippen LogP contribution is 2.31. The largest absolute Gasteiger partial charge is 0.355 e. The van der Waals surface area contributed by atoms with Crippen molar-refractivity contribution in [2.24, 2.45) is 0 Å². The van der Waals surface area contributed by atoms with E-state index in [1.54, 1.807) is 6.08 Å². The molecule has 0 radical (unpaired) electrons. The fourth-order valence-corrected chi connectivity index (χ4v) is 2.89. The maximum Gasteiger partial charge on any atom is 0.294 e. The molecule has 0 aliphatic carbocycles. The molecule has 122 valence electrons. The summed E-state index contributed by atoms with van der Waals surface area (Å²) in [7, 11) is 0. The Hall–Kier alpha value is -2.08. The average Bonchev–Trinajstić information content (AvgIpc) is 2.77. The number of imide groups is 1. The van der Waals surface area contributed by atoms with Gasteiger partial charge < -0.3 is 5.32 Å². The van der Waals surface area contributed by atoms with Gasteiger partial charge >= 0.3 is 0 Å². The maximum absolute atomic E-state index is 12.3. The van der Waals surface area contributed by atoms with Gasteiger partial charge in [-0.1, -0.05) is 43.2 Å². The standard InChI is InChI=1S/C17H20N2O3S/c1-3-4-9-18-15(20)11-19-16(21)14(23-17(19)22)10-13-7-5-12(2)6-8-13/h5-8,10H,3-4,9,11H2,1-2H3,(H,18,20)/b14-10-. The topological polar surface area (TPSA) is 66.5 Å². The molecule has 2 rings (SSSR count). The lowest BCUT2D eigenvalue weighted by Crippen LogP contribution is -2.39. The molecule has 1 aromatic carbocycles. The number of aryl methyl sites for hydroxylation is 1. The van der Waals surface area contributed by atoms with Crippen molar-refractivity contribution in [1.82, 2.24) is 10.2 Å². The van der Waals surface area contributed by atoms with Crippen LogP contribution in [0.4, 0.5) is 4.79 Å². The van der Waals surface area contributed by atoms with Crippen molar-refractivity contribution in [3.8, 4) is 0 Å². The lowest BCUT2D eigenvalue weighted by molar-refractivity contribution is -0.129. The number of amides is 3. The minimum atomic E-state index is -0.411. The highest BCUT2D eigenvalue weighted by atomic mass is 32.2. The lowest BCUT2D eigenvalue weighted by atomic mass is 10.1. The van der Waals surface area contributed by atoms with Crippen LogP contribution in [0.3, 0.4) is 0 Å². The van der Waals surface area contributed by atoms with Crippen LogP contribution in [0.15, 0.2) is 29.2 Å². The molecule has 1 aromatic rings. The summed E-state index contributed by atoms with van der Waals surface area (Å²) in [5, 5.41) is 2.30. The Morgan fingerprint density at radius 2 is 1.96 bits per heavy atom. The Balaban J connectivity index is 2.02. The van der Waals surface area contributed by atoms with E-state index in [0.29, 0.717) is 11.4 Å². The molecule has 23 heavy (non-hydrogen) atoms. The Kier molecular flexibility index (Phi) is 5.98. The van der Waals surface area contributed by atoms with Gasteiger partial charge in [0.15, 0.2) is 0 Å². The summed E-state index contributed by atoms with van der Waals surface area (Å²) in [4.78, 5) is 37.4. The Morgan fingerprint density at radius 1 is 1.26 bits per heavy atom. The molecular formula is C17H20N2O3S. The second-order valence-corrected chi connectivity index (χ2v) is 6.38. The van der Waals surface area contributed by atoms with Crippen molar-refractivity contribution in [3.05, 3.63) is 40.3 Å². The van der Waals surface area contributed by atoms with Crippen LogP contribution >= 0.6 is 11.8 Å². The second kappa shape index (κ2) is 7.97. The SMILES string of the molecule is CCCCNC(=O)CN1C(=O)S/C(=C\c2ccc(C)cc2)C1=O. The van der Waals surface area contributed by atoms with Gasteiger partial charge in [-0.15, -0.1) is 0 Å². The van der Waals surface area contributed by atoms with Gasteiger partial charge in [0.1, 0.15) is 6.54 Å². The van der Waals surface area contributed by atoms with Crippen LogP contribution in [0.1, 0.15) is 30.9 Å². The number of thioether (sulfide) groups is 1. The number of nitrogens with one attached hydrogen (secondary N) is 1. The van der Waals surface area contributed by atoms with E-state index in [1.807, 2.05) is 38.1 Å². The predicted molar refractivity (Wildman–Crippen MR) is 91.8 cm³/mol. The van der Waals surface area contributed by atoms with Gasteiger partial charge in [0.25, 0.3) is 11.1 Å². The first kappa shape index (κ1) is 17.3. The van der Waals surface area contributed by atoms with E-state index in [0.717, 1.165) is 40.6 Å². The molecule has 1 fully saturated rings. The van der Waals surface area contributed by atoms with E-state index in [4.69, 9.17) is 0 Å². The first-order valence-corrected chi connectivity index (χ1v) is 8.41. The van der Waals surface area contributed by atoms with Gasteiger partial charge in [0.2, 0.25) is 5.91 Å². The number of benzene rings is 1. The van der Waals surface area contributed by atoms with Gasteiger partial charge in [0.05, 0.1) is 4.91 Å². The third-order valence-electron chi connectivity index (χ3n) is 3.40. The quantitative estimate of drug-likeness (QED) is 0.642. The van der Waals surface area contributed by atoms with Crippen LogP contribution in [0.5, 0.6) is 0 Å². The maximum atomic E-state index is 12.3. The molecule has 1 N–H and O–H groups in total. The molecule has 1 heterocycles. The Morgan fingerprint density at radius 3 is 2.61 bits per heavy atom. The van der Waals surface area contributed by atoms with Crippen molar-refractivity contribution in [3.63, 3.8) is 0 Å². The summed E-state index contributed by atoms with van der Waals surface area (Å²) in [5.41, 5.74) is 1.98. The van der Waals surface area contributed by atoms with E-state index in [2.05, 4.69) is 5.32 Å². The van der Waals surface area contributed by atoms with Crippen molar-refractivity contribution in [2.75, 3.05) is 13.1 Å². The van der Waals surface area contributed by atoms with Gasteiger partial charge in [-0.2, -0.15) is 0 Å². The van der Waals surface area contributed by atoms with Crippen molar-refractivity contribution in [2.45, 2.75) is 26.7 Å². The summed E-state index contributed by atoms with van der Waals surface area (Å²) < 4.78 is 0. The number of carbonyl (C=O) groups excluding carboxylic acids is 3. The van der Waals surface area contributed by atoms with Crippen LogP contribution in [0.25, 0.3) is 6.08 Å². The Labute approximate surface area is 140 Å². The molecule has 0 aromatic heterocycles. The number of hydrogen-bond acceptors (Lipinski definition) is 4. The average molecular weight is 332 g/mol. The van der Waals surface area contributed by atoms with E-state index < -0.39 is 11.1 Å². The van der Waals surface area contributed by atoms with Crippen LogP contribution < -0.4 is 5.32 Å². The first-order chi connectivity index (χ1) is 11.0. The number of rotatable bonds is 6. The Bertz CT molecular complexity index is 638. The molecule has 5 nitrogen and oxygen atoms in total. The van der Waals surface area contributed by atoms with Crippen molar-refractivity contribution in [1.29, 1.82) is 0 Å². The number of carbonyl (C=O) groups is 3. The van der Waals surface area contributed by atoms with Crippen molar-refractivity contribution < 1.29 is 14.4 Å². The van der Waals surface area contributed by atoms with Crippen molar-refractivity contribution >= 4 is 34.9 Å². The molecule has 0 spiro atoms. The highest BCUT2D eigenvalue weighted by molar-refractivity contribution is 8.18. The van der Waals surface area contributed by atoms with Crippen LogP contribution in [-0.2, 0) is 9.59 Å². The fraction of sp³-hybridized carbons (Fsp3) is 0.353. The van der Waals surface area contributed by atoms with E-state index in [9.17, 15) is 14.4 Å². The van der Waals surface area contributed by atoms with Crippen LogP contribution in [0, 0.1) is 6.92 Å². The first-order valence-electron chi connectivity index (χ1n) is 7.60. The zero-order chi connectivity index (χ0) is 16.8. The zero-order valence-corrected chi connectivity index (χ0v) is 14.1. The summed E-state index contributed by atoms with van der Waals surface area (Å²) >= 11 is 0.870. The predicted octanol–water partition coefficient (Wildman–Crippen LogP) is 2.95. The fourth-order valence-electron chi connectivity index (χ4n) is 2.05. The third kappa shape index (κ3) is 4.69. The van der Waals surface area contributed by atoms with E-state index in [-0.39, 0.29) is 12.5 Å². The minimum absolute atomic E-state index is 0.223. The summed E-state index contributed by atoms with van der Waals surface area (Å²) in [6, 6.07) is 7.66. The molecule has 0 bridgehead atoms. The number of hydrogen-bond donors (Lipinski definition) is 1. The molecule has 0 saturated carbocycles. The highest BCUT2D eigenvalue weighted by Gasteiger charge is 2.36. The molecule has 3 amide bonds. The number of unbranched alkanes of at least 4 members (excludes halogenated alkanes) is 1. The van der Waals surface area contributed by atoms with E-state index >= 15 is 0 Å². The molecular weight excluding hydrogens is 312 g/mol. The molecule has 1 aliphatic heterocycles. The smallest absolute Gasteiger partial charge is 0.294 e. The summed E-state index contributed by atoms with van der Waals surface area (Å²) in [5.74, 6) is -0.719. The van der Waals surface area contributed by atoms with Gasteiger partial charge in [-0.3, -0.25) is 19.3 Å². The minimum Gasteiger partial charge on any atom is -0.355 e. The molecule has 1 saturated heterocycles. The second-order valence-electron chi connectivity index (χ2n) is 5.38. The lowest BCUT2D eigenvalue weighted by Gasteiger charge is -2.12. The monoisotopic (exact) mass is 332 g/mol. The zero-order valence-electron chi connectivity index (χ0n) is 13.3. The molecule has 1 aliphatic rings. The van der Waals surface area contributed by atoms with Crippen LogP contribution in [0.2, 0.25) is 0 Å². The summed E-state index contributed by atoms with van der Waals surface area (Å²) in [6.45, 7) is 4.34. The van der Waals surface area contributed by atoms with E-state index in [1.165, 1.54) is 0 Å². The van der Waals surface area contributed by atoms with Gasteiger partial charge in [-0.05, 0) is 36.7 Å². The number of nitrogens with zero attached hydrogens (tertiary/aromatic N) is 1. The van der Waals surface area contributed by atoms with Gasteiger partial charge in [0, 0.05) is 6.54 Å². The molecule has 6 heteroatoms. The molecule has 0 atom stereocenters. The normalized spacial score (nSPS) is 16.3. The van der Waals surface area contributed by atoms with Crippen LogP contribution in [-0.4, -0.2) is 35.0 Å². The van der Waals surface area contributed by atoms with Gasteiger partial charge in [-0.25, -0.2) is 0 Å². The molecule has 0 unspecified atom stereocenters. The summed E-state index contributed by atoms with van der Waals surface area (Å²) in [6.07, 6.45) is 3.53.